The van der Waals surface area contributed by atoms with Crippen molar-refractivity contribution in [2.75, 3.05) is 0 Å². The van der Waals surface area contributed by atoms with E-state index in [9.17, 15) is 9.59 Å². The molecule has 0 saturated carbocycles. The molecule has 0 atom stereocenters. The molecule has 4 aromatic rings. The van der Waals surface area contributed by atoms with Gasteiger partial charge < -0.3 is 14.7 Å². The Morgan fingerprint density at radius 3 is 1.90 bits per heavy atom. The van der Waals surface area contributed by atoms with Crippen LogP contribution in [0, 0.1) is 0 Å². The van der Waals surface area contributed by atoms with Gasteiger partial charge >= 0.3 is 0 Å². The number of amides is 1. The average molecular weight is 394 g/mol. The number of nitrogens with one attached hydrogen (secondary N) is 1. The number of carbonyl (C=O) groups excluding carboxylic acids is 2. The lowest BCUT2D eigenvalue weighted by atomic mass is 10.1. The van der Waals surface area contributed by atoms with Crippen molar-refractivity contribution in [3.05, 3.63) is 108 Å². The number of aromatic nitrogens is 1. The van der Waals surface area contributed by atoms with E-state index in [0.29, 0.717) is 12.1 Å². The third kappa shape index (κ3) is 4.23. The first-order chi connectivity index (χ1) is 14.8. The van der Waals surface area contributed by atoms with Gasteiger partial charge in [0.25, 0.3) is 5.91 Å². The minimum absolute atomic E-state index is 0.112. The molecule has 0 fully saturated rings. The van der Waals surface area contributed by atoms with Crippen molar-refractivity contribution >= 4 is 12.2 Å². The standard InChI is InChI=1S/C26H22N2O2/c29-18-17-28-24(21-9-5-2-6-10-21)15-16-25(28)22-11-13-23(14-12-22)26(30)27-19-20-7-3-1-4-8-20/h1-16,18H,17,19H2,(H,27,30). The van der Waals surface area contributed by atoms with E-state index < -0.39 is 0 Å². The smallest absolute Gasteiger partial charge is 0.251 e. The van der Waals surface area contributed by atoms with E-state index in [1.165, 1.54) is 0 Å². The summed E-state index contributed by atoms with van der Waals surface area (Å²) >= 11 is 0. The van der Waals surface area contributed by atoms with Crippen LogP contribution in [0.3, 0.4) is 0 Å². The number of hydrogen-bond donors (Lipinski definition) is 1. The van der Waals surface area contributed by atoms with Gasteiger partial charge in [-0.1, -0.05) is 72.8 Å². The molecule has 0 bridgehead atoms. The van der Waals surface area contributed by atoms with Crippen LogP contribution in [0.4, 0.5) is 0 Å². The molecule has 1 amide bonds. The second-order valence-corrected chi connectivity index (χ2v) is 6.99. The van der Waals surface area contributed by atoms with Crippen LogP contribution in [-0.4, -0.2) is 16.8 Å². The molecule has 0 saturated heterocycles. The van der Waals surface area contributed by atoms with Gasteiger partial charge in [0.2, 0.25) is 0 Å². The monoisotopic (exact) mass is 394 g/mol. The topological polar surface area (TPSA) is 51.1 Å². The fraction of sp³-hybridized carbons (Fsp3) is 0.0769. The summed E-state index contributed by atoms with van der Waals surface area (Å²) in [4.78, 5) is 23.8. The van der Waals surface area contributed by atoms with E-state index in [-0.39, 0.29) is 12.5 Å². The average Bonchev–Trinajstić information content (AvgIpc) is 3.23. The third-order valence-electron chi connectivity index (χ3n) is 5.05. The molecule has 0 aliphatic carbocycles. The highest BCUT2D eigenvalue weighted by molar-refractivity contribution is 5.94. The quantitative estimate of drug-likeness (QED) is 0.451. The summed E-state index contributed by atoms with van der Waals surface area (Å²) in [5, 5.41) is 2.94. The molecule has 0 radical (unpaired) electrons. The molecule has 1 heterocycles. The maximum Gasteiger partial charge on any atom is 0.251 e. The van der Waals surface area contributed by atoms with Gasteiger partial charge in [0, 0.05) is 23.5 Å². The highest BCUT2D eigenvalue weighted by Gasteiger charge is 2.12. The summed E-state index contributed by atoms with van der Waals surface area (Å²) < 4.78 is 1.99. The molecule has 0 spiro atoms. The largest absolute Gasteiger partial charge is 0.348 e. The Morgan fingerprint density at radius 2 is 1.30 bits per heavy atom. The first-order valence-electron chi connectivity index (χ1n) is 9.87. The zero-order valence-electron chi connectivity index (χ0n) is 16.5. The zero-order valence-corrected chi connectivity index (χ0v) is 16.5. The molecule has 3 aromatic carbocycles. The van der Waals surface area contributed by atoms with E-state index in [2.05, 4.69) is 5.32 Å². The van der Waals surface area contributed by atoms with Gasteiger partial charge in [0.1, 0.15) is 6.29 Å². The van der Waals surface area contributed by atoms with Crippen molar-refractivity contribution in [1.29, 1.82) is 0 Å². The Labute approximate surface area is 175 Å². The lowest BCUT2D eigenvalue weighted by Crippen LogP contribution is -2.22. The van der Waals surface area contributed by atoms with Crippen LogP contribution in [0.25, 0.3) is 22.5 Å². The van der Waals surface area contributed by atoms with Crippen molar-refractivity contribution in [3.63, 3.8) is 0 Å². The third-order valence-corrected chi connectivity index (χ3v) is 5.05. The summed E-state index contributed by atoms with van der Waals surface area (Å²) in [5.41, 5.74) is 5.61. The molecule has 0 aliphatic rings. The van der Waals surface area contributed by atoms with E-state index >= 15 is 0 Å². The van der Waals surface area contributed by atoms with Crippen LogP contribution < -0.4 is 5.32 Å². The van der Waals surface area contributed by atoms with Gasteiger partial charge in [0.15, 0.2) is 0 Å². The van der Waals surface area contributed by atoms with Crippen LogP contribution >= 0.6 is 0 Å². The lowest BCUT2D eigenvalue weighted by Gasteiger charge is -2.12. The molecule has 1 N–H and O–H groups in total. The number of carbonyl (C=O) groups is 2. The van der Waals surface area contributed by atoms with Crippen LogP contribution in [0.5, 0.6) is 0 Å². The molecule has 30 heavy (non-hydrogen) atoms. The molecule has 0 aliphatic heterocycles. The van der Waals surface area contributed by atoms with E-state index in [4.69, 9.17) is 0 Å². The zero-order chi connectivity index (χ0) is 20.8. The van der Waals surface area contributed by atoms with Gasteiger partial charge in [0.05, 0.1) is 6.54 Å². The SMILES string of the molecule is O=CCn1c(-c2ccccc2)ccc1-c1ccc(C(=O)NCc2ccccc2)cc1. The Kier molecular flexibility index (Phi) is 5.85. The predicted octanol–water partition coefficient (Wildman–Crippen LogP) is 4.95. The van der Waals surface area contributed by atoms with Gasteiger partial charge in [-0.15, -0.1) is 0 Å². The Balaban J connectivity index is 1.54. The van der Waals surface area contributed by atoms with Crippen molar-refractivity contribution in [2.45, 2.75) is 13.1 Å². The predicted molar refractivity (Wildman–Crippen MR) is 119 cm³/mol. The molecule has 0 unspecified atom stereocenters. The van der Waals surface area contributed by atoms with Gasteiger partial charge in [-0.05, 0) is 41.0 Å². The Bertz CT molecular complexity index is 1130. The van der Waals surface area contributed by atoms with Crippen LogP contribution in [-0.2, 0) is 17.9 Å². The molecule has 4 heteroatoms. The molecule has 148 valence electrons. The van der Waals surface area contributed by atoms with Crippen LogP contribution in [0.1, 0.15) is 15.9 Å². The van der Waals surface area contributed by atoms with Crippen LogP contribution in [0.2, 0.25) is 0 Å². The summed E-state index contributed by atoms with van der Waals surface area (Å²) in [6.07, 6.45) is 0.904. The maximum absolute atomic E-state index is 12.5. The summed E-state index contributed by atoms with van der Waals surface area (Å²) in [7, 11) is 0. The summed E-state index contributed by atoms with van der Waals surface area (Å²) in [5.74, 6) is -0.112. The second kappa shape index (κ2) is 9.05. The molecule has 1 aromatic heterocycles. The van der Waals surface area contributed by atoms with E-state index in [0.717, 1.165) is 34.4 Å². The summed E-state index contributed by atoms with van der Waals surface area (Å²) in [6, 6.07) is 31.3. The van der Waals surface area contributed by atoms with Crippen molar-refractivity contribution in [2.24, 2.45) is 0 Å². The fourth-order valence-corrected chi connectivity index (χ4v) is 3.52. The van der Waals surface area contributed by atoms with Crippen molar-refractivity contribution in [3.8, 4) is 22.5 Å². The minimum atomic E-state index is -0.112. The van der Waals surface area contributed by atoms with Gasteiger partial charge in [-0.2, -0.15) is 0 Å². The Hall–Kier alpha value is -3.92. The molecule has 4 rings (SSSR count). The number of nitrogens with zero attached hydrogens (tertiary/aromatic N) is 1. The maximum atomic E-state index is 12.5. The second-order valence-electron chi connectivity index (χ2n) is 6.99. The highest BCUT2D eigenvalue weighted by atomic mass is 16.1. The number of benzene rings is 3. The first-order valence-corrected chi connectivity index (χ1v) is 9.87. The van der Waals surface area contributed by atoms with E-state index in [1.54, 1.807) is 0 Å². The minimum Gasteiger partial charge on any atom is -0.348 e. The lowest BCUT2D eigenvalue weighted by molar-refractivity contribution is -0.108. The first kappa shape index (κ1) is 19.4. The highest BCUT2D eigenvalue weighted by Crippen LogP contribution is 2.29. The van der Waals surface area contributed by atoms with Crippen molar-refractivity contribution in [1.82, 2.24) is 9.88 Å². The van der Waals surface area contributed by atoms with Gasteiger partial charge in [-0.3, -0.25) is 4.79 Å². The molecular weight excluding hydrogens is 372 g/mol. The molecule has 4 nitrogen and oxygen atoms in total. The van der Waals surface area contributed by atoms with Crippen molar-refractivity contribution < 1.29 is 9.59 Å². The number of rotatable bonds is 7. The number of aldehydes is 1. The fourth-order valence-electron chi connectivity index (χ4n) is 3.52. The summed E-state index contributed by atoms with van der Waals surface area (Å²) in [6.45, 7) is 0.760. The number of hydrogen-bond acceptors (Lipinski definition) is 2. The Morgan fingerprint density at radius 1 is 0.733 bits per heavy atom. The van der Waals surface area contributed by atoms with Gasteiger partial charge in [-0.25, -0.2) is 0 Å². The van der Waals surface area contributed by atoms with E-state index in [1.807, 2.05) is 102 Å². The normalized spacial score (nSPS) is 10.5. The van der Waals surface area contributed by atoms with Crippen LogP contribution in [0.15, 0.2) is 97.1 Å². The molecular formula is C26H22N2O2.